The fraction of sp³-hybridized carbons (Fsp3) is 0.588. The first-order valence-corrected chi connectivity index (χ1v) is 9.10. The number of ether oxygens (including phenoxy) is 3. The summed E-state index contributed by atoms with van der Waals surface area (Å²) in [6.07, 6.45) is 2.18. The molecule has 2 saturated heterocycles. The maximum Gasteiger partial charge on any atom is 0.231 e. The van der Waals surface area contributed by atoms with E-state index in [2.05, 4.69) is 42.6 Å². The van der Waals surface area contributed by atoms with Crippen LogP contribution >= 0.6 is 0 Å². The maximum atomic E-state index is 5.81. The Hall–Kier alpha value is -2.39. The SMILES string of the molecule is c1cc2c(cc1N1CCC(N3CCOC(c4nn[nH]n4)C3)CC1)OCO2. The molecule has 3 aliphatic heterocycles. The van der Waals surface area contributed by atoms with Crippen molar-refractivity contribution >= 4 is 5.69 Å². The number of tetrazole rings is 1. The molecule has 1 N–H and O–H groups in total. The Bertz CT molecular complexity index is 747. The minimum atomic E-state index is -0.0885. The third-order valence-electron chi connectivity index (χ3n) is 5.45. The summed E-state index contributed by atoms with van der Waals surface area (Å²) < 4.78 is 16.7. The molecule has 0 spiro atoms. The molecule has 1 aromatic heterocycles. The van der Waals surface area contributed by atoms with Gasteiger partial charge in [-0.15, -0.1) is 10.2 Å². The smallest absolute Gasteiger partial charge is 0.231 e. The number of aromatic nitrogens is 4. The number of anilines is 1. The molecule has 1 atom stereocenters. The molecular formula is C17H22N6O3. The number of nitrogens with one attached hydrogen (secondary N) is 1. The molecule has 1 unspecified atom stereocenters. The molecule has 4 heterocycles. The predicted molar refractivity (Wildman–Crippen MR) is 92.2 cm³/mol. The van der Waals surface area contributed by atoms with E-state index in [-0.39, 0.29) is 6.10 Å². The molecule has 9 heteroatoms. The Morgan fingerprint density at radius 2 is 1.96 bits per heavy atom. The zero-order valence-corrected chi connectivity index (χ0v) is 14.5. The summed E-state index contributed by atoms with van der Waals surface area (Å²) in [4.78, 5) is 4.94. The zero-order chi connectivity index (χ0) is 17.3. The minimum absolute atomic E-state index is 0.0885. The van der Waals surface area contributed by atoms with Crippen molar-refractivity contribution in [2.45, 2.75) is 25.0 Å². The van der Waals surface area contributed by atoms with Crippen molar-refractivity contribution in [2.24, 2.45) is 0 Å². The monoisotopic (exact) mass is 358 g/mol. The van der Waals surface area contributed by atoms with Crippen LogP contribution in [0, 0.1) is 0 Å². The Morgan fingerprint density at radius 3 is 2.81 bits per heavy atom. The van der Waals surface area contributed by atoms with Gasteiger partial charge in [0.1, 0.15) is 6.10 Å². The molecule has 0 aliphatic carbocycles. The first-order valence-electron chi connectivity index (χ1n) is 9.10. The number of nitrogens with zero attached hydrogens (tertiary/aromatic N) is 5. The highest BCUT2D eigenvalue weighted by Gasteiger charge is 2.31. The van der Waals surface area contributed by atoms with E-state index in [4.69, 9.17) is 14.2 Å². The number of hydrogen-bond acceptors (Lipinski definition) is 8. The van der Waals surface area contributed by atoms with Crippen LogP contribution in [-0.4, -0.2) is 71.1 Å². The molecule has 2 aromatic rings. The van der Waals surface area contributed by atoms with Crippen LogP contribution in [-0.2, 0) is 4.74 Å². The van der Waals surface area contributed by atoms with Crippen LogP contribution in [0.5, 0.6) is 11.5 Å². The lowest BCUT2D eigenvalue weighted by Gasteiger charge is -2.42. The molecule has 26 heavy (non-hydrogen) atoms. The molecule has 1 aromatic carbocycles. The third kappa shape index (κ3) is 2.97. The highest BCUT2D eigenvalue weighted by atomic mass is 16.7. The second-order valence-corrected chi connectivity index (χ2v) is 6.88. The number of morpholine rings is 1. The first kappa shape index (κ1) is 15.8. The number of rotatable bonds is 3. The molecule has 5 rings (SSSR count). The van der Waals surface area contributed by atoms with Crippen LogP contribution in [0.4, 0.5) is 5.69 Å². The van der Waals surface area contributed by atoms with Crippen molar-refractivity contribution in [3.63, 3.8) is 0 Å². The van der Waals surface area contributed by atoms with E-state index >= 15 is 0 Å². The fourth-order valence-electron chi connectivity index (χ4n) is 4.03. The van der Waals surface area contributed by atoms with Gasteiger partial charge in [0.15, 0.2) is 11.5 Å². The van der Waals surface area contributed by atoms with Gasteiger partial charge in [0, 0.05) is 44.0 Å². The summed E-state index contributed by atoms with van der Waals surface area (Å²) in [5.74, 6) is 2.33. The standard InChI is InChI=1S/C17H22N6O3/c1-2-14-15(26-11-25-14)9-13(1)22-5-3-12(4-6-22)23-7-8-24-16(10-23)17-18-20-21-19-17/h1-2,9,12,16H,3-8,10-11H2,(H,18,19,20,21). The Kier molecular flexibility index (Phi) is 4.10. The van der Waals surface area contributed by atoms with Gasteiger partial charge in [-0.25, -0.2) is 0 Å². The van der Waals surface area contributed by atoms with E-state index < -0.39 is 0 Å². The van der Waals surface area contributed by atoms with E-state index in [0.29, 0.717) is 25.3 Å². The quantitative estimate of drug-likeness (QED) is 0.868. The van der Waals surface area contributed by atoms with Gasteiger partial charge in [0.25, 0.3) is 0 Å². The van der Waals surface area contributed by atoms with Gasteiger partial charge in [-0.05, 0) is 25.0 Å². The first-order chi connectivity index (χ1) is 12.9. The Balaban J connectivity index is 1.20. The second-order valence-electron chi connectivity index (χ2n) is 6.88. The number of H-pyrrole nitrogens is 1. The van der Waals surface area contributed by atoms with Gasteiger partial charge in [-0.3, -0.25) is 4.90 Å². The van der Waals surface area contributed by atoms with E-state index in [1.54, 1.807) is 0 Å². The number of piperidine rings is 1. The van der Waals surface area contributed by atoms with Crippen LogP contribution in [0.15, 0.2) is 18.2 Å². The average Bonchev–Trinajstić information content (AvgIpc) is 3.39. The van der Waals surface area contributed by atoms with Gasteiger partial charge in [0.05, 0.1) is 6.61 Å². The van der Waals surface area contributed by atoms with Crippen LogP contribution < -0.4 is 14.4 Å². The van der Waals surface area contributed by atoms with Crippen LogP contribution in [0.1, 0.15) is 24.8 Å². The number of benzene rings is 1. The molecular weight excluding hydrogens is 336 g/mol. The minimum Gasteiger partial charge on any atom is -0.454 e. The van der Waals surface area contributed by atoms with Gasteiger partial charge in [-0.2, -0.15) is 5.21 Å². The van der Waals surface area contributed by atoms with Crippen molar-refractivity contribution in [2.75, 3.05) is 44.5 Å². The van der Waals surface area contributed by atoms with Gasteiger partial charge in [-0.1, -0.05) is 5.21 Å². The molecule has 138 valence electrons. The van der Waals surface area contributed by atoms with E-state index in [0.717, 1.165) is 50.5 Å². The lowest BCUT2D eigenvalue weighted by Crippen LogP contribution is -2.49. The summed E-state index contributed by atoms with van der Waals surface area (Å²) in [6.45, 7) is 4.89. The lowest BCUT2D eigenvalue weighted by atomic mass is 10.0. The van der Waals surface area contributed by atoms with Gasteiger partial charge < -0.3 is 19.1 Å². The largest absolute Gasteiger partial charge is 0.454 e. The van der Waals surface area contributed by atoms with Crippen molar-refractivity contribution in [3.05, 3.63) is 24.0 Å². The molecule has 9 nitrogen and oxygen atoms in total. The summed E-state index contributed by atoms with van der Waals surface area (Å²) in [6, 6.07) is 6.78. The normalized spacial score (nSPS) is 24.2. The number of fused-ring (bicyclic) bond motifs is 1. The van der Waals surface area contributed by atoms with E-state index in [1.165, 1.54) is 5.69 Å². The van der Waals surface area contributed by atoms with E-state index in [1.807, 2.05) is 6.07 Å². The van der Waals surface area contributed by atoms with Gasteiger partial charge in [0.2, 0.25) is 12.6 Å². The molecule has 0 bridgehead atoms. The van der Waals surface area contributed by atoms with Crippen molar-refractivity contribution in [1.82, 2.24) is 25.5 Å². The van der Waals surface area contributed by atoms with E-state index in [9.17, 15) is 0 Å². The lowest BCUT2D eigenvalue weighted by molar-refractivity contribution is -0.0519. The van der Waals surface area contributed by atoms with Crippen molar-refractivity contribution < 1.29 is 14.2 Å². The Morgan fingerprint density at radius 1 is 1.08 bits per heavy atom. The highest BCUT2D eigenvalue weighted by Crippen LogP contribution is 2.36. The maximum absolute atomic E-state index is 5.81. The topological polar surface area (TPSA) is 88.6 Å². The second kappa shape index (κ2) is 6.73. The zero-order valence-electron chi connectivity index (χ0n) is 14.5. The predicted octanol–water partition coefficient (Wildman–Crippen LogP) is 0.971. The molecule has 2 fully saturated rings. The van der Waals surface area contributed by atoms with Crippen molar-refractivity contribution in [3.8, 4) is 11.5 Å². The van der Waals surface area contributed by atoms with Crippen LogP contribution in [0.3, 0.4) is 0 Å². The summed E-state index contributed by atoms with van der Waals surface area (Å²) >= 11 is 0. The molecule has 0 amide bonds. The van der Waals surface area contributed by atoms with Crippen LogP contribution in [0.2, 0.25) is 0 Å². The molecule has 0 radical (unpaired) electrons. The highest BCUT2D eigenvalue weighted by molar-refractivity contribution is 5.57. The fourth-order valence-corrected chi connectivity index (χ4v) is 4.03. The summed E-state index contributed by atoms with van der Waals surface area (Å²) in [7, 11) is 0. The number of aromatic amines is 1. The van der Waals surface area contributed by atoms with Crippen LogP contribution in [0.25, 0.3) is 0 Å². The van der Waals surface area contributed by atoms with Gasteiger partial charge >= 0.3 is 0 Å². The Labute approximate surface area is 151 Å². The third-order valence-corrected chi connectivity index (χ3v) is 5.45. The molecule has 3 aliphatic rings. The average molecular weight is 358 g/mol. The number of hydrogen-bond donors (Lipinski definition) is 1. The molecule has 0 saturated carbocycles. The van der Waals surface area contributed by atoms with Crippen molar-refractivity contribution in [1.29, 1.82) is 0 Å². The summed E-state index contributed by atoms with van der Waals surface area (Å²) in [5, 5.41) is 14.3. The summed E-state index contributed by atoms with van der Waals surface area (Å²) in [5.41, 5.74) is 1.21.